The minimum absolute atomic E-state index is 0.0631. The van der Waals surface area contributed by atoms with Gasteiger partial charge in [0.1, 0.15) is 54.9 Å². The number of esters is 1. The molecule has 2 fully saturated rings. The quantitative estimate of drug-likeness (QED) is 0.0172. The molecule has 2 saturated heterocycles. The summed E-state index contributed by atoms with van der Waals surface area (Å²) in [5.41, 5.74) is 0. The molecule has 0 saturated carbocycles. The summed E-state index contributed by atoms with van der Waals surface area (Å²) in [6, 6.07) is 0. The van der Waals surface area contributed by atoms with E-state index in [-0.39, 0.29) is 25.6 Å². The first-order valence-corrected chi connectivity index (χ1v) is 29.8. The number of carbonyl (C=O) groups is 1. The fourth-order valence-electron chi connectivity index (χ4n) is 9.69. The van der Waals surface area contributed by atoms with Gasteiger partial charge < -0.3 is 64.2 Å². The number of hydrogen-bond acceptors (Lipinski definition) is 14. The monoisotopic (exact) mass is 1030 g/mol. The molecule has 0 aromatic heterocycles. The van der Waals surface area contributed by atoms with Crippen LogP contribution in [0.2, 0.25) is 0 Å². The van der Waals surface area contributed by atoms with Crippen molar-refractivity contribution in [1.82, 2.24) is 0 Å². The van der Waals surface area contributed by atoms with Gasteiger partial charge in [0.05, 0.1) is 26.4 Å². The van der Waals surface area contributed by atoms with Crippen molar-refractivity contribution >= 4 is 5.97 Å². The fourth-order valence-corrected chi connectivity index (χ4v) is 9.69. The highest BCUT2D eigenvalue weighted by Crippen LogP contribution is 2.27. The second-order valence-electron chi connectivity index (χ2n) is 21.2. The molecule has 0 spiro atoms. The van der Waals surface area contributed by atoms with E-state index in [9.17, 15) is 40.5 Å². The Morgan fingerprint density at radius 2 is 0.819 bits per heavy atom. The van der Waals surface area contributed by atoms with Crippen LogP contribution in [0.3, 0.4) is 0 Å². The van der Waals surface area contributed by atoms with Crippen LogP contribution in [0.4, 0.5) is 0 Å². The van der Waals surface area contributed by atoms with Gasteiger partial charge in [-0.3, -0.25) is 4.79 Å². The van der Waals surface area contributed by atoms with E-state index in [2.05, 4.69) is 26.0 Å². The van der Waals surface area contributed by atoms with E-state index in [1.165, 1.54) is 180 Å². The third-order valence-corrected chi connectivity index (χ3v) is 14.5. The van der Waals surface area contributed by atoms with Crippen LogP contribution in [0.15, 0.2) is 12.2 Å². The van der Waals surface area contributed by atoms with Gasteiger partial charge in [0, 0.05) is 13.0 Å². The summed E-state index contributed by atoms with van der Waals surface area (Å²) in [6.07, 6.45) is 34.2. The van der Waals surface area contributed by atoms with Crippen molar-refractivity contribution in [2.75, 3.05) is 33.0 Å². The Morgan fingerprint density at radius 3 is 1.28 bits per heavy atom. The van der Waals surface area contributed by atoms with E-state index in [4.69, 9.17) is 28.4 Å². The van der Waals surface area contributed by atoms with Gasteiger partial charge >= 0.3 is 5.97 Å². The number of unbranched alkanes of at least 4 members (excludes halogenated alkanes) is 33. The lowest BCUT2D eigenvalue weighted by Gasteiger charge is -2.42. The Labute approximate surface area is 437 Å². The molecule has 72 heavy (non-hydrogen) atoms. The maximum absolute atomic E-state index is 13.1. The van der Waals surface area contributed by atoms with E-state index in [0.29, 0.717) is 13.0 Å². The standard InChI is InChI=1S/C58H110O14/c1-3-5-7-9-11-13-15-17-19-20-21-22-23-24-25-26-27-28-29-31-33-35-37-39-41-50(60)70-47(44-67-42-40-38-36-34-32-30-18-16-14-12-10-8-6-4-2)45-68-57-56(66)54(64)52(62)49(72-57)46-69-58-55(65)53(63)51(61)48(43-59)71-58/h14,16,47-49,51-59,61-66H,3-13,15,17-46H2,1-2H3/b16-14-. The summed E-state index contributed by atoms with van der Waals surface area (Å²) in [6.45, 7) is 3.71. The number of aliphatic hydroxyl groups excluding tert-OH is 7. The second kappa shape index (κ2) is 45.9. The zero-order valence-corrected chi connectivity index (χ0v) is 45.7. The first-order chi connectivity index (χ1) is 35.1. The predicted molar refractivity (Wildman–Crippen MR) is 284 cm³/mol. The number of allylic oxidation sites excluding steroid dienone is 2. The minimum atomic E-state index is -1.70. The second-order valence-corrected chi connectivity index (χ2v) is 21.2. The maximum atomic E-state index is 13.1. The highest BCUT2D eigenvalue weighted by atomic mass is 16.7. The van der Waals surface area contributed by atoms with Gasteiger partial charge in [-0.05, 0) is 38.5 Å². The highest BCUT2D eigenvalue weighted by Gasteiger charge is 2.47. The third kappa shape index (κ3) is 32.3. The molecule has 11 unspecified atom stereocenters. The minimum Gasteiger partial charge on any atom is -0.457 e. The lowest BCUT2D eigenvalue weighted by molar-refractivity contribution is -0.332. The fraction of sp³-hybridized carbons (Fsp3) is 0.948. The Bertz CT molecular complexity index is 1240. The largest absolute Gasteiger partial charge is 0.457 e. The molecule has 2 heterocycles. The summed E-state index contributed by atoms with van der Waals surface area (Å²) in [5.74, 6) is -0.372. The van der Waals surface area contributed by atoms with Crippen LogP contribution in [-0.4, -0.2) is 142 Å². The SMILES string of the molecule is CCCCCC/C=C\CCCCCCCCOCC(COC1OC(COC2OC(CO)C(O)C(O)C2O)C(O)C(O)C1O)OC(=O)CCCCCCCCCCCCCCCCCCCCCCCCCC. The molecule has 0 aromatic rings. The number of hydrogen-bond donors (Lipinski definition) is 7. The summed E-state index contributed by atoms with van der Waals surface area (Å²) < 4.78 is 34.4. The average molecular weight is 1030 g/mol. The first-order valence-electron chi connectivity index (χ1n) is 29.8. The number of ether oxygens (including phenoxy) is 6. The Hall–Kier alpha value is -1.27. The summed E-state index contributed by atoms with van der Waals surface area (Å²) in [7, 11) is 0. The molecular formula is C58H110O14. The molecule has 2 aliphatic rings. The van der Waals surface area contributed by atoms with Crippen LogP contribution in [0.5, 0.6) is 0 Å². The molecule has 0 aromatic carbocycles. The van der Waals surface area contributed by atoms with Gasteiger partial charge in [-0.1, -0.05) is 219 Å². The molecule has 0 bridgehead atoms. The molecule has 7 N–H and O–H groups in total. The van der Waals surface area contributed by atoms with Gasteiger partial charge in [-0.2, -0.15) is 0 Å². The first kappa shape index (κ1) is 66.8. The molecular weight excluding hydrogens is 921 g/mol. The van der Waals surface area contributed by atoms with Crippen molar-refractivity contribution in [1.29, 1.82) is 0 Å². The van der Waals surface area contributed by atoms with E-state index in [0.717, 1.165) is 44.9 Å². The lowest BCUT2D eigenvalue weighted by Crippen LogP contribution is -2.61. The van der Waals surface area contributed by atoms with Crippen LogP contribution >= 0.6 is 0 Å². The van der Waals surface area contributed by atoms with Gasteiger partial charge in [-0.15, -0.1) is 0 Å². The molecule has 2 aliphatic heterocycles. The molecule has 0 amide bonds. The van der Waals surface area contributed by atoms with E-state index >= 15 is 0 Å². The third-order valence-electron chi connectivity index (χ3n) is 14.5. The maximum Gasteiger partial charge on any atom is 0.306 e. The Morgan fingerprint density at radius 1 is 0.444 bits per heavy atom. The van der Waals surface area contributed by atoms with Crippen LogP contribution in [0, 0.1) is 0 Å². The molecule has 0 aliphatic carbocycles. The molecule has 14 heteroatoms. The molecule has 2 rings (SSSR count). The topological polar surface area (TPSA) is 214 Å². The normalized spacial score (nSPS) is 25.1. The molecule has 14 nitrogen and oxygen atoms in total. The molecule has 11 atom stereocenters. The number of rotatable bonds is 49. The Kier molecular flexibility index (Phi) is 42.6. The number of carbonyl (C=O) groups excluding carboxylic acids is 1. The summed E-state index contributed by atoms with van der Waals surface area (Å²) in [5, 5.41) is 72.3. The van der Waals surface area contributed by atoms with Gasteiger partial charge in [0.15, 0.2) is 12.6 Å². The van der Waals surface area contributed by atoms with Crippen LogP contribution in [0.25, 0.3) is 0 Å². The van der Waals surface area contributed by atoms with E-state index in [1.54, 1.807) is 0 Å². The van der Waals surface area contributed by atoms with Gasteiger partial charge in [0.25, 0.3) is 0 Å². The summed E-state index contributed by atoms with van der Waals surface area (Å²) in [4.78, 5) is 13.1. The van der Waals surface area contributed by atoms with Crippen molar-refractivity contribution in [3.63, 3.8) is 0 Å². The smallest absolute Gasteiger partial charge is 0.306 e. The van der Waals surface area contributed by atoms with Crippen molar-refractivity contribution in [2.45, 2.75) is 319 Å². The van der Waals surface area contributed by atoms with Gasteiger partial charge in [-0.25, -0.2) is 0 Å². The van der Waals surface area contributed by atoms with E-state index in [1.807, 2.05) is 0 Å². The lowest BCUT2D eigenvalue weighted by atomic mass is 9.98. The van der Waals surface area contributed by atoms with Crippen LogP contribution < -0.4 is 0 Å². The Balaban J connectivity index is 1.67. The molecule has 426 valence electrons. The zero-order chi connectivity index (χ0) is 52.3. The van der Waals surface area contributed by atoms with Crippen molar-refractivity contribution in [3.05, 3.63) is 12.2 Å². The predicted octanol–water partition coefficient (Wildman–Crippen LogP) is 10.6. The number of aliphatic hydroxyl groups is 7. The van der Waals surface area contributed by atoms with Gasteiger partial charge in [0.2, 0.25) is 0 Å². The summed E-state index contributed by atoms with van der Waals surface area (Å²) >= 11 is 0. The average Bonchev–Trinajstić information content (AvgIpc) is 3.38. The van der Waals surface area contributed by atoms with Crippen molar-refractivity contribution in [2.24, 2.45) is 0 Å². The van der Waals surface area contributed by atoms with Crippen molar-refractivity contribution in [3.8, 4) is 0 Å². The van der Waals surface area contributed by atoms with Crippen LogP contribution in [-0.2, 0) is 33.2 Å². The van der Waals surface area contributed by atoms with E-state index < -0.39 is 80.7 Å². The van der Waals surface area contributed by atoms with Crippen LogP contribution in [0.1, 0.15) is 251 Å². The van der Waals surface area contributed by atoms with Crippen molar-refractivity contribution < 1.29 is 69.0 Å². The highest BCUT2D eigenvalue weighted by molar-refractivity contribution is 5.69. The zero-order valence-electron chi connectivity index (χ0n) is 45.7. The molecule has 0 radical (unpaired) electrons.